The highest BCUT2D eigenvalue weighted by molar-refractivity contribution is 5.94. The van der Waals surface area contributed by atoms with Crippen LogP contribution in [-0.4, -0.2) is 41.7 Å². The van der Waals surface area contributed by atoms with E-state index in [9.17, 15) is 0 Å². The first kappa shape index (κ1) is 19.1. The fraction of sp³-hybridized carbons (Fsp3) is 0.292. The lowest BCUT2D eigenvalue weighted by Gasteiger charge is -2.11. The quantitative estimate of drug-likeness (QED) is 0.376. The van der Waals surface area contributed by atoms with Crippen molar-refractivity contribution in [3.8, 4) is 22.8 Å². The first-order valence-electron chi connectivity index (χ1n) is 11.1. The molecule has 8 heteroatoms. The van der Waals surface area contributed by atoms with Crippen molar-refractivity contribution in [2.75, 3.05) is 6.54 Å². The third-order valence-electron chi connectivity index (χ3n) is 6.26. The molecule has 1 aliphatic carbocycles. The molecule has 3 N–H and O–H groups in total. The van der Waals surface area contributed by atoms with Crippen LogP contribution in [0.5, 0.6) is 0 Å². The fourth-order valence-electron chi connectivity index (χ4n) is 4.57. The van der Waals surface area contributed by atoms with Gasteiger partial charge in [0, 0.05) is 36.1 Å². The molecule has 5 aromatic rings. The monoisotopic (exact) mass is 424 g/mol. The molecule has 1 aliphatic rings. The number of nitrogens with one attached hydrogen (secondary N) is 3. The highest BCUT2D eigenvalue weighted by Crippen LogP contribution is 2.29. The van der Waals surface area contributed by atoms with Crippen molar-refractivity contribution < 1.29 is 0 Å². The Kier molecular flexibility index (Phi) is 4.84. The molecule has 0 atom stereocenters. The summed E-state index contributed by atoms with van der Waals surface area (Å²) in [5.41, 5.74) is 6.19. The van der Waals surface area contributed by atoms with E-state index in [1.54, 1.807) is 6.20 Å². The first-order chi connectivity index (χ1) is 15.8. The summed E-state index contributed by atoms with van der Waals surface area (Å²) in [5.74, 6) is 1.51. The summed E-state index contributed by atoms with van der Waals surface area (Å²) in [7, 11) is 0. The molecule has 32 heavy (non-hydrogen) atoms. The number of fused-ring (bicyclic) bond motifs is 2. The van der Waals surface area contributed by atoms with Crippen LogP contribution < -0.4 is 5.32 Å². The van der Waals surface area contributed by atoms with Crippen molar-refractivity contribution in [3.05, 3.63) is 54.6 Å². The first-order valence-corrected chi connectivity index (χ1v) is 11.1. The van der Waals surface area contributed by atoms with E-state index >= 15 is 0 Å². The molecule has 0 aliphatic heterocycles. The number of H-pyrrole nitrogens is 2. The Morgan fingerprint density at radius 3 is 2.88 bits per heavy atom. The van der Waals surface area contributed by atoms with Crippen molar-refractivity contribution in [1.82, 2.24) is 40.4 Å². The average Bonchev–Trinajstić information content (AvgIpc) is 3.58. The topological polar surface area (TPSA) is 108 Å². The summed E-state index contributed by atoms with van der Waals surface area (Å²) < 4.78 is 0. The summed E-state index contributed by atoms with van der Waals surface area (Å²) in [6, 6.07) is 8.05. The third-order valence-corrected chi connectivity index (χ3v) is 6.26. The van der Waals surface area contributed by atoms with Crippen LogP contribution >= 0.6 is 0 Å². The van der Waals surface area contributed by atoms with Crippen LogP contribution in [0.3, 0.4) is 0 Å². The molecular weight excluding hydrogens is 400 g/mol. The predicted octanol–water partition coefficient (Wildman–Crippen LogP) is 4.24. The van der Waals surface area contributed by atoms with Gasteiger partial charge in [0.05, 0.1) is 22.9 Å². The number of aromatic amines is 2. The summed E-state index contributed by atoms with van der Waals surface area (Å²) in [5, 5.41) is 12.1. The predicted molar refractivity (Wildman–Crippen MR) is 124 cm³/mol. The molecule has 6 rings (SSSR count). The zero-order valence-corrected chi connectivity index (χ0v) is 17.7. The maximum Gasteiger partial charge on any atom is 0.178 e. The van der Waals surface area contributed by atoms with E-state index in [1.807, 2.05) is 36.8 Å². The molecule has 160 valence electrons. The van der Waals surface area contributed by atoms with Gasteiger partial charge >= 0.3 is 0 Å². The lowest BCUT2D eigenvalue weighted by molar-refractivity contribution is 0.489. The minimum Gasteiger partial charge on any atom is -0.335 e. The minimum absolute atomic E-state index is 0.676. The Morgan fingerprint density at radius 2 is 1.97 bits per heavy atom. The Bertz CT molecular complexity index is 1350. The van der Waals surface area contributed by atoms with Gasteiger partial charge in [-0.2, -0.15) is 5.10 Å². The fourth-order valence-corrected chi connectivity index (χ4v) is 4.57. The van der Waals surface area contributed by atoms with Crippen molar-refractivity contribution >= 4 is 22.1 Å². The van der Waals surface area contributed by atoms with Crippen LogP contribution in [0.15, 0.2) is 49.1 Å². The highest BCUT2D eigenvalue weighted by Gasteiger charge is 2.16. The van der Waals surface area contributed by atoms with Crippen LogP contribution in [0.4, 0.5) is 0 Å². The van der Waals surface area contributed by atoms with Crippen LogP contribution in [0, 0.1) is 5.92 Å². The Labute approximate surface area is 184 Å². The second kappa shape index (κ2) is 8.12. The smallest absolute Gasteiger partial charge is 0.178 e. The molecule has 0 saturated heterocycles. The zero-order chi connectivity index (χ0) is 21.3. The van der Waals surface area contributed by atoms with Crippen LogP contribution in [0.1, 0.15) is 31.2 Å². The molecule has 5 heterocycles. The maximum absolute atomic E-state index is 4.64. The molecule has 0 radical (unpaired) electrons. The molecule has 0 spiro atoms. The normalized spacial score (nSPS) is 14.6. The van der Waals surface area contributed by atoms with Crippen molar-refractivity contribution in [1.29, 1.82) is 0 Å². The van der Waals surface area contributed by atoms with Gasteiger partial charge in [0.2, 0.25) is 0 Å². The van der Waals surface area contributed by atoms with Crippen molar-refractivity contribution in [3.63, 3.8) is 0 Å². The standard InChI is InChI=1S/C24H24N8/c1-2-5-15(4-1)10-25-11-16-8-17(13-26-12-16)20-9-18-21(14-28-20)31-32-22(18)24-29-19-6-3-7-27-23(19)30-24/h3,6-9,12-15,25H,1-2,4-5,10-11H2,(H,31,32)(H,27,29,30). The second-order valence-electron chi connectivity index (χ2n) is 8.51. The maximum atomic E-state index is 4.64. The Balaban J connectivity index is 1.28. The van der Waals surface area contributed by atoms with Crippen LogP contribution in [-0.2, 0) is 6.54 Å². The molecule has 1 fully saturated rings. The van der Waals surface area contributed by atoms with Gasteiger partial charge in [-0.05, 0) is 55.1 Å². The molecule has 0 unspecified atom stereocenters. The molecule has 0 bridgehead atoms. The number of aromatic nitrogens is 7. The van der Waals surface area contributed by atoms with Gasteiger partial charge in [-0.1, -0.05) is 12.8 Å². The number of pyridine rings is 3. The molecule has 8 nitrogen and oxygen atoms in total. The Hall–Kier alpha value is -3.65. The average molecular weight is 425 g/mol. The highest BCUT2D eigenvalue weighted by atomic mass is 15.1. The van der Waals surface area contributed by atoms with Crippen LogP contribution in [0.2, 0.25) is 0 Å². The summed E-state index contributed by atoms with van der Waals surface area (Å²) in [6.07, 6.45) is 12.8. The van der Waals surface area contributed by atoms with Gasteiger partial charge in [-0.15, -0.1) is 0 Å². The minimum atomic E-state index is 0.676. The van der Waals surface area contributed by atoms with Crippen molar-refractivity contribution in [2.45, 2.75) is 32.2 Å². The number of hydrogen-bond donors (Lipinski definition) is 3. The van der Waals surface area contributed by atoms with E-state index in [0.29, 0.717) is 11.5 Å². The van der Waals surface area contributed by atoms with E-state index in [4.69, 9.17) is 0 Å². The lowest BCUT2D eigenvalue weighted by atomic mass is 10.1. The molecule has 0 amide bonds. The second-order valence-corrected chi connectivity index (χ2v) is 8.51. The Morgan fingerprint density at radius 1 is 1.03 bits per heavy atom. The van der Waals surface area contributed by atoms with Crippen LogP contribution in [0.25, 0.3) is 44.8 Å². The number of imidazole rings is 1. The van der Waals surface area contributed by atoms with Crippen molar-refractivity contribution in [2.24, 2.45) is 5.92 Å². The largest absolute Gasteiger partial charge is 0.335 e. The van der Waals surface area contributed by atoms with Gasteiger partial charge in [0.25, 0.3) is 0 Å². The van der Waals surface area contributed by atoms with Gasteiger partial charge in [-0.25, -0.2) is 9.97 Å². The van der Waals surface area contributed by atoms with E-state index in [-0.39, 0.29) is 0 Å². The third kappa shape index (κ3) is 3.62. The molecule has 0 aromatic carbocycles. The summed E-state index contributed by atoms with van der Waals surface area (Å²) >= 11 is 0. The summed E-state index contributed by atoms with van der Waals surface area (Å²) in [4.78, 5) is 21.3. The molecule has 5 aromatic heterocycles. The van der Waals surface area contributed by atoms with E-state index in [1.165, 1.54) is 25.7 Å². The molecule has 1 saturated carbocycles. The SMILES string of the molecule is c1cnc2nc(-c3n[nH]c4cnc(-c5cncc(CNCC6CCCC6)c5)cc34)[nH]c2c1. The molecular formula is C24H24N8. The number of nitrogens with zero attached hydrogens (tertiary/aromatic N) is 5. The van der Waals surface area contributed by atoms with E-state index in [2.05, 4.69) is 46.5 Å². The number of hydrogen-bond acceptors (Lipinski definition) is 6. The number of rotatable bonds is 6. The zero-order valence-electron chi connectivity index (χ0n) is 17.7. The van der Waals surface area contributed by atoms with Gasteiger partial charge in [0.1, 0.15) is 5.69 Å². The van der Waals surface area contributed by atoms with Gasteiger partial charge < -0.3 is 10.3 Å². The van der Waals surface area contributed by atoms with Gasteiger partial charge in [-0.3, -0.25) is 15.1 Å². The van der Waals surface area contributed by atoms with E-state index in [0.717, 1.165) is 57.9 Å². The lowest BCUT2D eigenvalue weighted by Crippen LogP contribution is -2.20. The van der Waals surface area contributed by atoms with E-state index < -0.39 is 0 Å². The summed E-state index contributed by atoms with van der Waals surface area (Å²) in [6.45, 7) is 1.90. The van der Waals surface area contributed by atoms with Gasteiger partial charge in [0.15, 0.2) is 11.5 Å².